The van der Waals surface area contributed by atoms with E-state index < -0.39 is 11.7 Å². The maximum absolute atomic E-state index is 13.2. The van der Waals surface area contributed by atoms with Gasteiger partial charge in [0, 0.05) is 205 Å². The van der Waals surface area contributed by atoms with Gasteiger partial charge >= 0.3 is 6.18 Å². The van der Waals surface area contributed by atoms with Crippen LogP contribution in [0.25, 0.3) is 138 Å². The van der Waals surface area contributed by atoms with Gasteiger partial charge in [-0.25, -0.2) is 0 Å². The predicted molar refractivity (Wildman–Crippen MR) is 433 cm³/mol. The summed E-state index contributed by atoms with van der Waals surface area (Å²) in [4.78, 5) is 20.5. The van der Waals surface area contributed by atoms with Crippen molar-refractivity contribution < 1.29 is 93.6 Å². The molecule has 0 bridgehead atoms. The summed E-state index contributed by atoms with van der Waals surface area (Å²) in [6, 6.07) is 122. The molecule has 112 heavy (non-hydrogen) atoms. The Morgan fingerprint density at radius 1 is 0.295 bits per heavy atom. The van der Waals surface area contributed by atoms with E-state index in [1.807, 2.05) is 114 Å². The average Bonchev–Trinajstić information content (AvgIpc) is 1.58. The minimum Gasteiger partial charge on any atom is -0.358 e. The molecule has 0 amide bonds. The molecule has 0 atom stereocenters. The molecule has 0 saturated heterocycles. The van der Waals surface area contributed by atoms with Crippen LogP contribution in [-0.2, 0) is 86.6 Å². The van der Waals surface area contributed by atoms with Crippen molar-refractivity contribution >= 4 is 127 Å². The van der Waals surface area contributed by atoms with Crippen LogP contribution in [0.2, 0.25) is 0 Å². The van der Waals surface area contributed by atoms with Crippen molar-refractivity contribution in [2.75, 3.05) is 4.90 Å². The molecule has 12 aromatic carbocycles. The second kappa shape index (κ2) is 33.2. The minimum absolute atomic E-state index is 0. The molecular formula is C95H63F3Ir4N10-4. The molecule has 0 saturated carbocycles. The van der Waals surface area contributed by atoms with E-state index in [9.17, 15) is 13.2 Å². The molecule has 0 aliphatic carbocycles. The minimum atomic E-state index is -4.44. The second-order valence-corrected chi connectivity index (χ2v) is 26.3. The zero-order valence-electron chi connectivity index (χ0n) is 59.8. The molecule has 21 rings (SSSR count). The summed E-state index contributed by atoms with van der Waals surface area (Å²) in [5, 5.41) is 6.04. The summed E-state index contributed by atoms with van der Waals surface area (Å²) in [5.74, 6) is 0. The number of hydrogen-bond acceptors (Lipinski definition) is 5. The monoisotopic (exact) mass is 2170 g/mol. The van der Waals surface area contributed by atoms with E-state index in [2.05, 4.69) is 293 Å². The first kappa shape index (κ1) is 77.2. The number of anilines is 3. The molecule has 9 heterocycles. The van der Waals surface area contributed by atoms with Gasteiger partial charge in [-0.15, -0.1) is 65.7 Å². The number of para-hydroxylation sites is 8. The summed E-state index contributed by atoms with van der Waals surface area (Å²) in [6.07, 6.45) is 2.69. The van der Waals surface area contributed by atoms with Crippen molar-refractivity contribution in [1.29, 1.82) is 0 Å². The number of aromatic nitrogens is 9. The van der Waals surface area contributed by atoms with Crippen molar-refractivity contribution in [1.82, 2.24) is 42.8 Å². The van der Waals surface area contributed by atoms with Crippen LogP contribution in [0.3, 0.4) is 0 Å². The summed E-state index contributed by atoms with van der Waals surface area (Å²) in [6.45, 7) is 3.78. The molecule has 554 valence electrons. The van der Waals surface area contributed by atoms with Gasteiger partial charge in [-0.05, 0) is 172 Å². The number of halogens is 3. The van der Waals surface area contributed by atoms with Crippen LogP contribution < -0.4 is 4.90 Å². The first-order valence-electron chi connectivity index (χ1n) is 35.5. The molecule has 0 N–H and O–H groups in total. The van der Waals surface area contributed by atoms with Gasteiger partial charge in [-0.3, -0.25) is 0 Å². The zero-order valence-corrected chi connectivity index (χ0v) is 69.4. The number of rotatable bonds is 8. The molecule has 0 aliphatic rings. The standard InChI is InChI=1S/C29H18N3.C29H20N3.C19H12F3N2.C18H13N2.4Ir/c1-2-9-20(10-3-1)31-27-15-8-18-30-29(27)24-17-16-21(19-28(24)31)32-25-13-6-4-11-22(25)23-12-5-7-14-26(23)32;1-4-11-22(12-5-1)31(23-13-6-2-7-14-23)25-18-19-26-28(21-25)32(24-15-8-3-9-16-24)27-17-10-20-30-29(26)27;1-12-10-13(19(20,21)22)11-15-17-16(8-5-9-23-17)24(18(12)15)14-6-3-2-4-7-14;1-13-9-10-15-17(12-13)20(14-6-3-2-4-7-14)16-8-5-11-19-18(15)16;;;;/h1-16,18-19H;1-18,20-21H;2-10H,1H3;2-9,11-12H,1H3;;;;/q4*-1;;;;. The number of hydrogen-bond donors (Lipinski definition) is 0. The van der Waals surface area contributed by atoms with Gasteiger partial charge in [-0.1, -0.05) is 193 Å². The number of nitrogens with zero attached hydrogens (tertiary/aromatic N) is 10. The Labute approximate surface area is 697 Å². The van der Waals surface area contributed by atoms with E-state index in [0.717, 1.165) is 123 Å². The molecule has 17 heteroatoms. The fraction of sp³-hybridized carbons (Fsp3) is 0.0316. The van der Waals surface area contributed by atoms with Crippen LogP contribution in [0.4, 0.5) is 30.2 Å². The largest absolute Gasteiger partial charge is 0.399 e. The number of fused-ring (bicyclic) bond motifs is 15. The van der Waals surface area contributed by atoms with Crippen molar-refractivity contribution in [2.24, 2.45) is 0 Å². The van der Waals surface area contributed by atoms with Crippen LogP contribution in [0, 0.1) is 38.1 Å². The Bertz CT molecular complexity index is 6800. The Balaban J connectivity index is 0.000000125. The molecule has 0 aliphatic heterocycles. The molecular weight excluding hydrogens is 2110 g/mol. The van der Waals surface area contributed by atoms with Crippen molar-refractivity contribution in [3.8, 4) is 28.4 Å². The van der Waals surface area contributed by atoms with Gasteiger partial charge < -0.3 is 47.7 Å². The number of benzene rings is 12. The van der Waals surface area contributed by atoms with Crippen LogP contribution >= 0.6 is 0 Å². The maximum Gasteiger partial charge on any atom is 0.399 e. The van der Waals surface area contributed by atoms with E-state index >= 15 is 0 Å². The zero-order chi connectivity index (χ0) is 72.8. The van der Waals surface area contributed by atoms with Crippen molar-refractivity contribution in [3.05, 3.63) is 387 Å². The first-order chi connectivity index (χ1) is 53.1. The fourth-order valence-corrected chi connectivity index (χ4v) is 15.0. The molecule has 9 aromatic heterocycles. The third-order valence-electron chi connectivity index (χ3n) is 19.6. The van der Waals surface area contributed by atoms with E-state index in [1.54, 1.807) is 19.2 Å². The molecule has 21 aromatic rings. The predicted octanol–water partition coefficient (Wildman–Crippen LogP) is 24.1. The normalized spacial score (nSPS) is 11.2. The number of alkyl halides is 3. The smallest absolute Gasteiger partial charge is 0.358 e. The summed E-state index contributed by atoms with van der Waals surface area (Å²) < 4.78 is 50.6. The molecule has 4 radical (unpaired) electrons. The quantitative estimate of drug-likeness (QED) is 0.142. The Kier molecular flexibility index (Phi) is 22.8. The van der Waals surface area contributed by atoms with Crippen LogP contribution in [0.5, 0.6) is 0 Å². The summed E-state index contributed by atoms with van der Waals surface area (Å²) >= 11 is 0. The fourth-order valence-electron chi connectivity index (χ4n) is 15.0. The van der Waals surface area contributed by atoms with Gasteiger partial charge in [0.05, 0.1) is 0 Å². The number of pyridine rings is 4. The van der Waals surface area contributed by atoms with E-state index in [1.165, 1.54) is 27.4 Å². The van der Waals surface area contributed by atoms with E-state index in [-0.39, 0.29) is 80.4 Å². The van der Waals surface area contributed by atoms with Gasteiger partial charge in [0.25, 0.3) is 0 Å². The third kappa shape index (κ3) is 14.3. The molecule has 0 fully saturated rings. The van der Waals surface area contributed by atoms with Gasteiger partial charge in [0.15, 0.2) is 0 Å². The first-order valence-corrected chi connectivity index (χ1v) is 35.5. The Morgan fingerprint density at radius 3 is 1.05 bits per heavy atom. The summed E-state index contributed by atoms with van der Waals surface area (Å²) in [5.41, 5.74) is 23.5. The van der Waals surface area contributed by atoms with Gasteiger partial charge in [0.2, 0.25) is 0 Å². The topological polar surface area (TPSA) is 79.5 Å². The van der Waals surface area contributed by atoms with Crippen molar-refractivity contribution in [2.45, 2.75) is 20.0 Å². The second-order valence-electron chi connectivity index (χ2n) is 26.3. The molecule has 10 nitrogen and oxygen atoms in total. The Morgan fingerprint density at radius 2 is 0.625 bits per heavy atom. The van der Waals surface area contributed by atoms with Crippen LogP contribution in [0.1, 0.15) is 16.7 Å². The van der Waals surface area contributed by atoms with E-state index in [0.29, 0.717) is 22.0 Å². The van der Waals surface area contributed by atoms with Crippen LogP contribution in [-0.4, -0.2) is 42.8 Å². The third-order valence-corrected chi connectivity index (χ3v) is 19.6. The maximum atomic E-state index is 13.2. The SMILES string of the molecule is Cc1c[c-]c2c3ncccc3n(-c3ccccc3)c2c1.Cc1cc(C(F)(F)F)[c-]c2c3ncccc3n(-c3ccccc3)c12.[Ir].[Ir].[Ir].[Ir].[c-]1cc(-n2c3ccccc3c3ccccc32)cc2c1c1ncccc1n2-c1ccccc1.[c-]1cc(N(c2ccccc2)c2ccccc2)cc2c1c1ncccc1n2-c1ccccc1. The number of aryl methyl sites for hydroxylation is 2. The Hall–Kier alpha value is -11.6. The molecule has 0 spiro atoms. The van der Waals surface area contributed by atoms with Crippen LogP contribution in [0.15, 0.2) is 346 Å². The summed E-state index contributed by atoms with van der Waals surface area (Å²) in [7, 11) is 0. The van der Waals surface area contributed by atoms with Crippen molar-refractivity contribution in [3.63, 3.8) is 0 Å². The molecule has 0 unspecified atom stereocenters. The van der Waals surface area contributed by atoms with Gasteiger partial charge in [0.1, 0.15) is 0 Å². The average molecular weight is 2170 g/mol. The van der Waals surface area contributed by atoms with E-state index in [4.69, 9.17) is 0 Å². The van der Waals surface area contributed by atoms with Gasteiger partial charge in [-0.2, -0.15) is 13.2 Å².